The number of nitrogens with two attached hydrogens (primary N) is 1. The molecule has 3 N–H and O–H groups in total. The highest BCUT2D eigenvalue weighted by atomic mass is 32.2. The minimum atomic E-state index is -0.399. The molecule has 1 aromatic rings. The zero-order valence-corrected chi connectivity index (χ0v) is 12.7. The zero-order valence-electron chi connectivity index (χ0n) is 11.9. The molecule has 2 rings (SSSR count). The van der Waals surface area contributed by atoms with E-state index in [-0.39, 0.29) is 0 Å². The molecule has 20 heavy (non-hydrogen) atoms. The van der Waals surface area contributed by atoms with E-state index in [9.17, 15) is 4.79 Å². The number of nitrogen functional groups attached to an aromatic ring is 1. The predicted octanol–water partition coefficient (Wildman–Crippen LogP) is 2.54. The highest BCUT2D eigenvalue weighted by Gasteiger charge is 2.24. The Bertz CT molecular complexity index is 481. The number of hydrogen-bond donors (Lipinski definition) is 2. The number of anilines is 2. The van der Waals surface area contributed by atoms with Crippen LogP contribution in [0.1, 0.15) is 36.5 Å². The molecule has 6 heteroatoms. The molecule has 1 heterocycles. The van der Waals surface area contributed by atoms with Gasteiger partial charge >= 0.3 is 5.97 Å². The van der Waals surface area contributed by atoms with Gasteiger partial charge in [-0.15, -0.1) is 0 Å². The molecule has 1 saturated carbocycles. The number of hydrogen-bond acceptors (Lipinski definition) is 6. The molecule has 5 nitrogen and oxygen atoms in total. The monoisotopic (exact) mass is 295 g/mol. The summed E-state index contributed by atoms with van der Waals surface area (Å²) in [6.07, 6.45) is 7.13. The number of carbonyl (C=O) groups is 1. The normalized spacial score (nSPS) is 21.7. The summed E-state index contributed by atoms with van der Waals surface area (Å²) >= 11 is 1.91. The van der Waals surface area contributed by atoms with Crippen molar-refractivity contribution < 1.29 is 9.53 Å². The van der Waals surface area contributed by atoms with Gasteiger partial charge < -0.3 is 15.8 Å². The van der Waals surface area contributed by atoms with Gasteiger partial charge in [0.15, 0.2) is 0 Å². The first-order valence-electron chi connectivity index (χ1n) is 6.86. The maximum absolute atomic E-state index is 11.8. The first-order chi connectivity index (χ1) is 9.63. The lowest BCUT2D eigenvalue weighted by atomic mass is 10.2. The molecule has 0 spiro atoms. The number of nitrogens with zero attached hydrogens (tertiary/aromatic N) is 1. The highest BCUT2D eigenvalue weighted by molar-refractivity contribution is 7.99. The number of aromatic nitrogens is 1. The Morgan fingerprint density at radius 3 is 3.05 bits per heavy atom. The second kappa shape index (κ2) is 6.83. The summed E-state index contributed by atoms with van der Waals surface area (Å²) in [4.78, 5) is 16.0. The van der Waals surface area contributed by atoms with E-state index in [0.717, 1.165) is 12.8 Å². The highest BCUT2D eigenvalue weighted by Crippen LogP contribution is 2.30. The van der Waals surface area contributed by atoms with Gasteiger partial charge in [0.2, 0.25) is 0 Å². The summed E-state index contributed by atoms with van der Waals surface area (Å²) in [5, 5.41) is 4.10. The summed E-state index contributed by atoms with van der Waals surface area (Å²) in [5.74, 6) is 0.290. The number of ether oxygens (including phenoxy) is 1. The van der Waals surface area contributed by atoms with E-state index in [1.807, 2.05) is 11.8 Å². The Morgan fingerprint density at radius 1 is 1.60 bits per heavy atom. The van der Waals surface area contributed by atoms with E-state index in [1.54, 1.807) is 13.0 Å². The second-order valence-electron chi connectivity index (χ2n) is 4.89. The third kappa shape index (κ3) is 3.56. The number of thioether (sulfide) groups is 1. The van der Waals surface area contributed by atoms with Gasteiger partial charge in [0, 0.05) is 11.3 Å². The molecule has 2 unspecified atom stereocenters. The number of nitrogens with one attached hydrogen (secondary N) is 1. The van der Waals surface area contributed by atoms with Crippen molar-refractivity contribution in [3.8, 4) is 0 Å². The molecule has 1 aliphatic rings. The van der Waals surface area contributed by atoms with Crippen molar-refractivity contribution in [1.29, 1.82) is 0 Å². The van der Waals surface area contributed by atoms with Crippen LogP contribution in [0.3, 0.4) is 0 Å². The maximum Gasteiger partial charge on any atom is 0.340 e. The molecule has 0 aliphatic heterocycles. The van der Waals surface area contributed by atoms with Crippen LogP contribution in [0.15, 0.2) is 12.3 Å². The first-order valence-corrected chi connectivity index (χ1v) is 8.14. The Morgan fingerprint density at radius 2 is 2.40 bits per heavy atom. The fourth-order valence-corrected chi connectivity index (χ4v) is 3.22. The molecule has 1 aromatic heterocycles. The SMILES string of the molecule is CCOC(=O)c1cc(NC2CCC(SC)C2)ncc1N. The Hall–Kier alpha value is -1.43. The van der Waals surface area contributed by atoms with Crippen molar-refractivity contribution in [2.24, 2.45) is 0 Å². The molecule has 110 valence electrons. The van der Waals surface area contributed by atoms with E-state index < -0.39 is 5.97 Å². The fraction of sp³-hybridized carbons (Fsp3) is 0.571. The van der Waals surface area contributed by atoms with Crippen molar-refractivity contribution in [2.75, 3.05) is 23.9 Å². The van der Waals surface area contributed by atoms with Crippen LogP contribution in [-0.4, -0.2) is 35.1 Å². The molecule has 2 atom stereocenters. The van der Waals surface area contributed by atoms with Gasteiger partial charge in [0.05, 0.1) is 24.1 Å². The van der Waals surface area contributed by atoms with Crippen molar-refractivity contribution in [1.82, 2.24) is 4.98 Å². The van der Waals surface area contributed by atoms with Crippen LogP contribution < -0.4 is 11.1 Å². The van der Waals surface area contributed by atoms with Crippen LogP contribution in [0.25, 0.3) is 0 Å². The minimum absolute atomic E-state index is 0.335. The lowest BCUT2D eigenvalue weighted by molar-refractivity contribution is 0.0527. The molecule has 0 radical (unpaired) electrons. The van der Waals surface area contributed by atoms with Crippen LogP contribution in [-0.2, 0) is 4.74 Å². The van der Waals surface area contributed by atoms with Crippen LogP contribution in [0.2, 0.25) is 0 Å². The van der Waals surface area contributed by atoms with Crippen molar-refractivity contribution in [3.63, 3.8) is 0 Å². The summed E-state index contributed by atoms with van der Waals surface area (Å²) in [6.45, 7) is 2.11. The second-order valence-corrected chi connectivity index (χ2v) is 6.03. The molecule has 1 fully saturated rings. The molecule has 1 aliphatic carbocycles. The molecule has 0 amide bonds. The predicted molar refractivity (Wildman–Crippen MR) is 83.2 cm³/mol. The van der Waals surface area contributed by atoms with Crippen LogP contribution >= 0.6 is 11.8 Å². The van der Waals surface area contributed by atoms with Gasteiger partial charge in [-0.2, -0.15) is 11.8 Å². The number of pyridine rings is 1. The third-order valence-electron chi connectivity index (χ3n) is 3.50. The van der Waals surface area contributed by atoms with Gasteiger partial charge in [-0.1, -0.05) is 0 Å². The van der Waals surface area contributed by atoms with E-state index in [4.69, 9.17) is 10.5 Å². The Balaban J connectivity index is 2.06. The van der Waals surface area contributed by atoms with Gasteiger partial charge in [-0.25, -0.2) is 9.78 Å². The largest absolute Gasteiger partial charge is 0.462 e. The van der Waals surface area contributed by atoms with E-state index in [0.29, 0.717) is 35.0 Å². The van der Waals surface area contributed by atoms with Crippen LogP contribution in [0.4, 0.5) is 11.5 Å². The van der Waals surface area contributed by atoms with Gasteiger partial charge in [0.1, 0.15) is 5.82 Å². The lowest BCUT2D eigenvalue weighted by Crippen LogP contribution is -2.18. The molecular weight excluding hydrogens is 274 g/mol. The summed E-state index contributed by atoms with van der Waals surface area (Å²) < 4.78 is 4.99. The Kier molecular flexibility index (Phi) is 5.11. The van der Waals surface area contributed by atoms with E-state index in [1.165, 1.54) is 12.6 Å². The van der Waals surface area contributed by atoms with Gasteiger partial charge in [-0.05, 0) is 38.5 Å². The number of esters is 1. The van der Waals surface area contributed by atoms with Crippen molar-refractivity contribution in [3.05, 3.63) is 17.8 Å². The first kappa shape index (κ1) is 15.0. The summed E-state index contributed by atoms with van der Waals surface area (Å²) in [5.41, 5.74) is 6.51. The van der Waals surface area contributed by atoms with Gasteiger partial charge in [-0.3, -0.25) is 0 Å². The quantitative estimate of drug-likeness (QED) is 0.813. The Labute approximate surface area is 123 Å². The zero-order chi connectivity index (χ0) is 14.5. The van der Waals surface area contributed by atoms with Crippen molar-refractivity contribution >= 4 is 29.2 Å². The smallest absolute Gasteiger partial charge is 0.340 e. The molecule has 0 saturated heterocycles. The van der Waals surface area contributed by atoms with Crippen LogP contribution in [0.5, 0.6) is 0 Å². The van der Waals surface area contributed by atoms with Crippen molar-refractivity contribution in [2.45, 2.75) is 37.5 Å². The fourth-order valence-electron chi connectivity index (χ4n) is 2.42. The minimum Gasteiger partial charge on any atom is -0.462 e. The average Bonchev–Trinajstić information content (AvgIpc) is 2.89. The average molecular weight is 295 g/mol. The van der Waals surface area contributed by atoms with E-state index >= 15 is 0 Å². The van der Waals surface area contributed by atoms with E-state index in [2.05, 4.69) is 16.6 Å². The maximum atomic E-state index is 11.8. The standard InChI is InChI=1S/C14H21N3O2S/c1-3-19-14(18)11-7-13(16-8-12(11)15)17-9-4-5-10(6-9)20-2/h7-10H,3-6,15H2,1-2H3,(H,16,17). The third-order valence-corrected chi connectivity index (χ3v) is 4.59. The van der Waals surface area contributed by atoms with Crippen LogP contribution in [0, 0.1) is 0 Å². The topological polar surface area (TPSA) is 77.2 Å². The van der Waals surface area contributed by atoms with Gasteiger partial charge in [0.25, 0.3) is 0 Å². The lowest BCUT2D eigenvalue weighted by Gasteiger charge is -2.14. The molecule has 0 bridgehead atoms. The summed E-state index contributed by atoms with van der Waals surface area (Å²) in [6, 6.07) is 2.10. The number of carbonyl (C=O) groups excluding carboxylic acids is 1. The molecular formula is C14H21N3O2S. The number of rotatable bonds is 5. The summed E-state index contributed by atoms with van der Waals surface area (Å²) in [7, 11) is 0. The molecule has 0 aromatic carbocycles.